The maximum absolute atomic E-state index is 10.2. The number of carbonyl (C=O) groups is 1. The van der Waals surface area contributed by atoms with E-state index in [1.54, 1.807) is 0 Å². The van der Waals surface area contributed by atoms with Crippen LogP contribution in [0.3, 0.4) is 0 Å². The number of hydrogen-bond donors (Lipinski definition) is 0. The highest BCUT2D eigenvalue weighted by Gasteiger charge is 1.92. The quantitative estimate of drug-likeness (QED) is 0.117. The third kappa shape index (κ3) is 24.8. The molecule has 0 aromatic carbocycles. The van der Waals surface area contributed by atoms with E-state index in [2.05, 4.69) is 30.6 Å². The van der Waals surface area contributed by atoms with Gasteiger partial charge in [-0.1, -0.05) is 115 Å². The summed E-state index contributed by atoms with van der Waals surface area (Å²) in [4.78, 5) is 10.2. The number of unbranched alkanes of at least 4 members (excludes halogenated alkanes) is 19. The first kappa shape index (κ1) is 26.8. The summed E-state index contributed by atoms with van der Waals surface area (Å²) in [6.45, 7) is 2.28. The minimum Gasteiger partial charge on any atom is -0.303 e. The Morgan fingerprint density at radius 2 is 0.857 bits per heavy atom. The fraction of sp³-hybridized carbons (Fsp3) is 0.815. The van der Waals surface area contributed by atoms with E-state index in [0.717, 1.165) is 32.0 Å². The average Bonchev–Trinajstić information content (AvgIpc) is 2.71. The predicted octanol–water partition coefficient (Wildman–Crippen LogP) is 8.40. The maximum atomic E-state index is 10.2. The van der Waals surface area contributed by atoms with Crippen LogP contribution in [0.4, 0.5) is 0 Å². The van der Waals surface area contributed by atoms with E-state index in [1.165, 1.54) is 109 Å². The monoisotopic (exact) mass is 386 g/mol. The average molecular weight is 387 g/mol. The number of carbonyl (C=O) groups excluding carboxylic acids is 1. The van der Waals surface area contributed by atoms with Crippen molar-refractivity contribution in [2.75, 3.05) is 0 Å². The van der Waals surface area contributed by atoms with Gasteiger partial charge in [-0.3, -0.25) is 0 Å². The fourth-order valence-corrected chi connectivity index (χ4v) is 3.42. The normalized spacial score (nSPS) is 10.0. The van der Waals surface area contributed by atoms with Crippen LogP contribution in [0.1, 0.15) is 142 Å². The van der Waals surface area contributed by atoms with Crippen LogP contribution < -0.4 is 0 Å². The smallest absolute Gasteiger partial charge is 0.119 e. The molecule has 0 aromatic heterocycles. The Morgan fingerprint density at radius 1 is 0.500 bits per heavy atom. The molecule has 0 N–H and O–H groups in total. The molecule has 1 heteroatoms. The van der Waals surface area contributed by atoms with E-state index >= 15 is 0 Å². The maximum Gasteiger partial charge on any atom is 0.119 e. The van der Waals surface area contributed by atoms with Crippen molar-refractivity contribution in [2.24, 2.45) is 0 Å². The summed E-state index contributed by atoms with van der Waals surface area (Å²) >= 11 is 0. The van der Waals surface area contributed by atoms with Crippen LogP contribution in [0, 0.1) is 23.7 Å². The van der Waals surface area contributed by atoms with Crippen molar-refractivity contribution in [3.05, 3.63) is 0 Å². The molecule has 0 heterocycles. The molecule has 0 radical (unpaired) electrons. The highest BCUT2D eigenvalue weighted by atomic mass is 16.1. The van der Waals surface area contributed by atoms with Gasteiger partial charge in [-0.05, 0) is 31.1 Å². The van der Waals surface area contributed by atoms with Crippen molar-refractivity contribution >= 4 is 6.29 Å². The Labute approximate surface area is 176 Å². The van der Waals surface area contributed by atoms with E-state index in [9.17, 15) is 4.79 Å². The lowest BCUT2D eigenvalue weighted by molar-refractivity contribution is -0.107. The van der Waals surface area contributed by atoms with Crippen molar-refractivity contribution in [2.45, 2.75) is 142 Å². The van der Waals surface area contributed by atoms with E-state index < -0.39 is 0 Å². The summed E-state index contributed by atoms with van der Waals surface area (Å²) in [5.74, 6) is 12.4. The Bertz CT molecular complexity index is 429. The molecule has 0 amide bonds. The third-order valence-corrected chi connectivity index (χ3v) is 5.27. The Hall–Kier alpha value is -1.21. The highest BCUT2D eigenvalue weighted by molar-refractivity contribution is 5.48. The molecule has 0 fully saturated rings. The molecule has 0 saturated carbocycles. The molecule has 1 nitrogen and oxygen atoms in total. The van der Waals surface area contributed by atoms with Crippen LogP contribution in [0.25, 0.3) is 0 Å². The van der Waals surface area contributed by atoms with Crippen LogP contribution in [0.2, 0.25) is 0 Å². The molecule has 160 valence electrons. The first-order valence-corrected chi connectivity index (χ1v) is 12.3. The van der Waals surface area contributed by atoms with Gasteiger partial charge in [-0.15, -0.1) is 0 Å². The van der Waals surface area contributed by atoms with E-state index in [0.29, 0.717) is 0 Å². The third-order valence-electron chi connectivity index (χ3n) is 5.27. The molecule has 0 aliphatic rings. The van der Waals surface area contributed by atoms with Gasteiger partial charge < -0.3 is 4.79 Å². The molecule has 0 aromatic rings. The lowest BCUT2D eigenvalue weighted by Crippen LogP contribution is -1.82. The summed E-state index contributed by atoms with van der Waals surface area (Å²) in [6, 6.07) is 0. The molecular formula is C27H46O. The summed E-state index contributed by atoms with van der Waals surface area (Å²) in [7, 11) is 0. The summed E-state index contributed by atoms with van der Waals surface area (Å²) < 4.78 is 0. The lowest BCUT2D eigenvalue weighted by atomic mass is 10.1. The zero-order valence-electron chi connectivity index (χ0n) is 18.8. The standard InChI is InChI=1S/C27H46O/c1-2-3-4-5-6-7-8-9-10-11-12-13-14-15-16-17-18-19-20-21-22-23-24-25-26-27-28/h27H,2-12,17-26H2,1H3. The van der Waals surface area contributed by atoms with Gasteiger partial charge in [0.2, 0.25) is 0 Å². The number of rotatable bonds is 20. The van der Waals surface area contributed by atoms with Crippen molar-refractivity contribution in [3.63, 3.8) is 0 Å². The van der Waals surface area contributed by atoms with Crippen molar-refractivity contribution < 1.29 is 4.79 Å². The predicted molar refractivity (Wildman–Crippen MR) is 124 cm³/mol. The molecule has 0 spiro atoms. The number of aldehydes is 1. The Morgan fingerprint density at radius 3 is 1.25 bits per heavy atom. The van der Waals surface area contributed by atoms with E-state index in [4.69, 9.17) is 0 Å². The summed E-state index contributed by atoms with van der Waals surface area (Å²) in [5, 5.41) is 0. The summed E-state index contributed by atoms with van der Waals surface area (Å²) in [5.41, 5.74) is 0. The second-order valence-electron chi connectivity index (χ2n) is 8.07. The first-order chi connectivity index (χ1) is 13.9. The van der Waals surface area contributed by atoms with E-state index in [-0.39, 0.29) is 0 Å². The Balaban J connectivity index is 3.22. The van der Waals surface area contributed by atoms with Gasteiger partial charge in [0.05, 0.1) is 0 Å². The van der Waals surface area contributed by atoms with Gasteiger partial charge in [0.15, 0.2) is 0 Å². The van der Waals surface area contributed by atoms with Gasteiger partial charge >= 0.3 is 0 Å². The van der Waals surface area contributed by atoms with Crippen LogP contribution in [0.5, 0.6) is 0 Å². The van der Waals surface area contributed by atoms with Gasteiger partial charge in [0.1, 0.15) is 6.29 Å². The van der Waals surface area contributed by atoms with Crippen LogP contribution in [-0.4, -0.2) is 6.29 Å². The second-order valence-corrected chi connectivity index (χ2v) is 8.07. The Kier molecular flexibility index (Phi) is 24.7. The van der Waals surface area contributed by atoms with Gasteiger partial charge in [0, 0.05) is 19.3 Å². The molecule has 28 heavy (non-hydrogen) atoms. The molecule has 0 unspecified atom stereocenters. The first-order valence-electron chi connectivity index (χ1n) is 12.3. The minimum atomic E-state index is 0.737. The molecule has 0 atom stereocenters. The minimum absolute atomic E-state index is 0.737. The van der Waals surface area contributed by atoms with Gasteiger partial charge in [-0.25, -0.2) is 0 Å². The summed E-state index contributed by atoms with van der Waals surface area (Å²) in [6.07, 6.45) is 27.6. The van der Waals surface area contributed by atoms with Crippen molar-refractivity contribution in [3.8, 4) is 23.7 Å². The second kappa shape index (κ2) is 25.8. The van der Waals surface area contributed by atoms with Crippen molar-refractivity contribution in [1.29, 1.82) is 0 Å². The highest BCUT2D eigenvalue weighted by Crippen LogP contribution is 2.11. The van der Waals surface area contributed by atoms with Crippen molar-refractivity contribution in [1.82, 2.24) is 0 Å². The molecule has 0 bridgehead atoms. The van der Waals surface area contributed by atoms with Crippen LogP contribution in [0.15, 0.2) is 0 Å². The zero-order valence-corrected chi connectivity index (χ0v) is 18.8. The molecule has 0 rings (SSSR count). The molecular weight excluding hydrogens is 340 g/mol. The fourth-order valence-electron chi connectivity index (χ4n) is 3.42. The zero-order chi connectivity index (χ0) is 20.4. The molecule has 0 aliphatic carbocycles. The van der Waals surface area contributed by atoms with Gasteiger partial charge in [0.25, 0.3) is 0 Å². The van der Waals surface area contributed by atoms with Crippen LogP contribution in [-0.2, 0) is 4.79 Å². The lowest BCUT2D eigenvalue weighted by Gasteiger charge is -2.00. The van der Waals surface area contributed by atoms with E-state index in [1.807, 2.05) is 0 Å². The molecule has 0 aliphatic heterocycles. The molecule has 0 saturated heterocycles. The SMILES string of the molecule is CCCCCCCCCCCCC#CC#CCCCCCCCCCCC=O. The largest absolute Gasteiger partial charge is 0.303 e. The topological polar surface area (TPSA) is 17.1 Å². The number of hydrogen-bond acceptors (Lipinski definition) is 1. The van der Waals surface area contributed by atoms with Crippen LogP contribution >= 0.6 is 0 Å². The van der Waals surface area contributed by atoms with Gasteiger partial charge in [-0.2, -0.15) is 0 Å².